The minimum Gasteiger partial charge on any atom is -0.370 e. The summed E-state index contributed by atoms with van der Waals surface area (Å²) in [7, 11) is 1.97. The van der Waals surface area contributed by atoms with E-state index < -0.39 is 0 Å². The van der Waals surface area contributed by atoms with Gasteiger partial charge < -0.3 is 10.2 Å². The Morgan fingerprint density at radius 3 is 3.00 bits per heavy atom. The van der Waals surface area contributed by atoms with Gasteiger partial charge in [0.25, 0.3) is 5.69 Å². The topological polar surface area (TPSA) is 58.4 Å². The van der Waals surface area contributed by atoms with Crippen molar-refractivity contribution < 1.29 is 4.92 Å². The Labute approximate surface area is 121 Å². The molecule has 1 heterocycles. The number of nitrogens with zero attached hydrogens (tertiary/aromatic N) is 2. The average molecular weight is 328 g/mol. The third kappa shape index (κ3) is 3.45. The maximum absolute atomic E-state index is 10.7. The predicted molar refractivity (Wildman–Crippen MR) is 79.7 cm³/mol. The summed E-state index contributed by atoms with van der Waals surface area (Å²) >= 11 is 3.45. The van der Waals surface area contributed by atoms with E-state index in [0.717, 1.165) is 36.2 Å². The molecule has 6 heteroatoms. The molecule has 5 nitrogen and oxygen atoms in total. The quantitative estimate of drug-likeness (QED) is 0.682. The van der Waals surface area contributed by atoms with Crippen LogP contribution < -0.4 is 10.2 Å². The Bertz CT molecular complexity index is 465. The number of nitro benzene ring substituents is 1. The van der Waals surface area contributed by atoms with Gasteiger partial charge in [-0.25, -0.2) is 0 Å². The van der Waals surface area contributed by atoms with Crippen molar-refractivity contribution in [3.63, 3.8) is 0 Å². The number of nitro groups is 1. The summed E-state index contributed by atoms with van der Waals surface area (Å²) in [5.41, 5.74) is 1.17. The molecule has 1 aromatic carbocycles. The molecule has 1 unspecified atom stereocenters. The molecule has 0 radical (unpaired) electrons. The highest BCUT2D eigenvalue weighted by Crippen LogP contribution is 2.32. The summed E-state index contributed by atoms with van der Waals surface area (Å²) in [6, 6.07) is 4.99. The second kappa shape index (κ2) is 6.34. The molecule has 1 aliphatic rings. The second-order valence-corrected chi connectivity index (χ2v) is 5.76. The highest BCUT2D eigenvalue weighted by Gasteiger charge is 2.21. The molecule has 0 bridgehead atoms. The molecule has 1 atom stereocenters. The first kappa shape index (κ1) is 14.3. The molecule has 0 saturated carbocycles. The average Bonchev–Trinajstić information content (AvgIpc) is 2.39. The van der Waals surface area contributed by atoms with Gasteiger partial charge in [-0.15, -0.1) is 0 Å². The highest BCUT2D eigenvalue weighted by atomic mass is 79.9. The van der Waals surface area contributed by atoms with Gasteiger partial charge in [0.2, 0.25) is 0 Å². The number of nitrogens with one attached hydrogen (secondary N) is 1. The van der Waals surface area contributed by atoms with Crippen molar-refractivity contribution in [2.45, 2.75) is 12.8 Å². The Kier molecular flexibility index (Phi) is 4.76. The van der Waals surface area contributed by atoms with Crippen LogP contribution in [0.2, 0.25) is 0 Å². The zero-order chi connectivity index (χ0) is 13.8. The van der Waals surface area contributed by atoms with Crippen LogP contribution in [-0.4, -0.2) is 31.6 Å². The molecular weight excluding hydrogens is 310 g/mol. The molecule has 1 saturated heterocycles. The van der Waals surface area contributed by atoms with Crippen molar-refractivity contribution in [1.29, 1.82) is 0 Å². The zero-order valence-corrected chi connectivity index (χ0v) is 12.5. The van der Waals surface area contributed by atoms with Crippen LogP contribution in [0.3, 0.4) is 0 Å². The van der Waals surface area contributed by atoms with E-state index >= 15 is 0 Å². The third-order valence-electron chi connectivity index (χ3n) is 3.49. The lowest BCUT2D eigenvalue weighted by Gasteiger charge is -2.34. The first-order valence-electron chi connectivity index (χ1n) is 6.45. The van der Waals surface area contributed by atoms with Crippen molar-refractivity contribution in [1.82, 2.24) is 5.32 Å². The van der Waals surface area contributed by atoms with Gasteiger partial charge in [0, 0.05) is 29.7 Å². The summed E-state index contributed by atoms with van der Waals surface area (Å²) in [4.78, 5) is 12.7. The lowest BCUT2D eigenvalue weighted by atomic mass is 9.97. The van der Waals surface area contributed by atoms with E-state index in [1.807, 2.05) is 13.1 Å². The van der Waals surface area contributed by atoms with E-state index in [-0.39, 0.29) is 10.6 Å². The van der Waals surface area contributed by atoms with Gasteiger partial charge in [0.1, 0.15) is 0 Å². The number of anilines is 1. The van der Waals surface area contributed by atoms with Crippen molar-refractivity contribution in [2.24, 2.45) is 5.92 Å². The number of rotatable bonds is 4. The number of non-ortho nitro benzene ring substituents is 1. The SMILES string of the molecule is CNCC1CCCN(c2ccc([N+](=O)[O-])cc2Br)C1. The van der Waals surface area contributed by atoms with Crippen molar-refractivity contribution in [3.05, 3.63) is 32.8 Å². The van der Waals surface area contributed by atoms with Crippen molar-refractivity contribution in [2.75, 3.05) is 31.6 Å². The zero-order valence-electron chi connectivity index (χ0n) is 10.9. The van der Waals surface area contributed by atoms with Gasteiger partial charge in [-0.05, 0) is 54.3 Å². The molecule has 19 heavy (non-hydrogen) atoms. The third-order valence-corrected chi connectivity index (χ3v) is 4.13. The Balaban J connectivity index is 2.15. The summed E-state index contributed by atoms with van der Waals surface area (Å²) < 4.78 is 0.798. The maximum atomic E-state index is 10.7. The fourth-order valence-corrected chi connectivity index (χ4v) is 3.22. The van der Waals surface area contributed by atoms with Crippen LogP contribution in [0.1, 0.15) is 12.8 Å². The van der Waals surface area contributed by atoms with Crippen LogP contribution in [0.4, 0.5) is 11.4 Å². The van der Waals surface area contributed by atoms with Gasteiger partial charge >= 0.3 is 0 Å². The van der Waals surface area contributed by atoms with E-state index in [2.05, 4.69) is 26.1 Å². The lowest BCUT2D eigenvalue weighted by molar-refractivity contribution is -0.384. The predicted octanol–water partition coefficient (Wildman–Crippen LogP) is 2.79. The van der Waals surface area contributed by atoms with Gasteiger partial charge in [-0.1, -0.05) is 0 Å². The van der Waals surface area contributed by atoms with Crippen LogP contribution in [-0.2, 0) is 0 Å². The molecule has 0 amide bonds. The van der Waals surface area contributed by atoms with E-state index in [1.165, 1.54) is 6.42 Å². The van der Waals surface area contributed by atoms with Gasteiger partial charge in [0.15, 0.2) is 0 Å². The normalized spacial score (nSPS) is 19.5. The number of hydrogen-bond acceptors (Lipinski definition) is 4. The minimum absolute atomic E-state index is 0.124. The molecule has 2 rings (SSSR count). The second-order valence-electron chi connectivity index (χ2n) is 4.90. The summed E-state index contributed by atoms with van der Waals surface area (Å²) in [5.74, 6) is 0.640. The van der Waals surface area contributed by atoms with Crippen LogP contribution in [0.5, 0.6) is 0 Å². The molecule has 104 valence electrons. The molecule has 1 N–H and O–H groups in total. The van der Waals surface area contributed by atoms with E-state index in [4.69, 9.17) is 0 Å². The largest absolute Gasteiger partial charge is 0.370 e. The number of hydrogen-bond donors (Lipinski definition) is 1. The van der Waals surface area contributed by atoms with Crippen LogP contribution >= 0.6 is 15.9 Å². The number of benzene rings is 1. The first-order valence-corrected chi connectivity index (χ1v) is 7.24. The molecular formula is C13H18BrN3O2. The summed E-state index contributed by atoms with van der Waals surface area (Å²) in [6.45, 7) is 3.02. The smallest absolute Gasteiger partial charge is 0.270 e. The lowest BCUT2D eigenvalue weighted by Crippen LogP contribution is -2.39. The maximum Gasteiger partial charge on any atom is 0.270 e. The molecule has 1 aliphatic heterocycles. The van der Waals surface area contributed by atoms with Gasteiger partial charge in [-0.2, -0.15) is 0 Å². The summed E-state index contributed by atoms with van der Waals surface area (Å²) in [5, 5.41) is 14.0. The Hall–Kier alpha value is -1.14. The number of piperidine rings is 1. The number of halogens is 1. The van der Waals surface area contributed by atoms with Gasteiger partial charge in [-0.3, -0.25) is 10.1 Å². The van der Waals surface area contributed by atoms with E-state index in [0.29, 0.717) is 5.92 Å². The monoisotopic (exact) mass is 327 g/mol. The standard InChI is InChI=1S/C13H18BrN3O2/c1-15-8-10-3-2-6-16(9-10)13-5-4-11(17(18)19)7-12(13)14/h4-5,7,10,15H,2-3,6,8-9H2,1H3. The molecule has 1 aromatic rings. The fraction of sp³-hybridized carbons (Fsp3) is 0.538. The highest BCUT2D eigenvalue weighted by molar-refractivity contribution is 9.10. The molecule has 0 aromatic heterocycles. The van der Waals surface area contributed by atoms with Crippen LogP contribution in [0, 0.1) is 16.0 Å². The molecule has 0 aliphatic carbocycles. The van der Waals surface area contributed by atoms with E-state index in [9.17, 15) is 10.1 Å². The van der Waals surface area contributed by atoms with Crippen LogP contribution in [0.15, 0.2) is 22.7 Å². The summed E-state index contributed by atoms with van der Waals surface area (Å²) in [6.07, 6.45) is 2.40. The molecule has 0 spiro atoms. The van der Waals surface area contributed by atoms with E-state index in [1.54, 1.807) is 12.1 Å². The Morgan fingerprint density at radius 1 is 1.58 bits per heavy atom. The Morgan fingerprint density at radius 2 is 2.37 bits per heavy atom. The molecule has 1 fully saturated rings. The van der Waals surface area contributed by atoms with Gasteiger partial charge in [0.05, 0.1) is 10.6 Å². The van der Waals surface area contributed by atoms with Crippen molar-refractivity contribution >= 4 is 27.3 Å². The van der Waals surface area contributed by atoms with Crippen molar-refractivity contribution in [3.8, 4) is 0 Å². The fourth-order valence-electron chi connectivity index (χ4n) is 2.60. The van der Waals surface area contributed by atoms with Crippen LogP contribution in [0.25, 0.3) is 0 Å². The minimum atomic E-state index is -0.367. The first-order chi connectivity index (χ1) is 9.11.